The molecular weight excluding hydrogens is 272 g/mol. The van der Waals surface area contributed by atoms with Crippen LogP contribution in [0.2, 0.25) is 0 Å². The maximum atomic E-state index is 6.68. The van der Waals surface area contributed by atoms with Crippen LogP contribution in [0.1, 0.15) is 59.8 Å². The van der Waals surface area contributed by atoms with Gasteiger partial charge in [0, 0.05) is 18.3 Å². The van der Waals surface area contributed by atoms with Gasteiger partial charge >= 0.3 is 0 Å². The summed E-state index contributed by atoms with van der Waals surface area (Å²) in [5, 5.41) is 0. The molecule has 22 heavy (non-hydrogen) atoms. The topological polar surface area (TPSA) is 18.5 Å². The van der Waals surface area contributed by atoms with Crippen LogP contribution in [-0.2, 0) is 9.47 Å². The first-order valence-corrected chi connectivity index (χ1v) is 8.96. The van der Waals surface area contributed by atoms with Gasteiger partial charge in [-0.2, -0.15) is 0 Å². The summed E-state index contributed by atoms with van der Waals surface area (Å²) in [5.41, 5.74) is 1.23. The maximum Gasteiger partial charge on any atom is 0.171 e. The van der Waals surface area contributed by atoms with E-state index in [0.29, 0.717) is 23.7 Å². The van der Waals surface area contributed by atoms with Crippen LogP contribution in [0.5, 0.6) is 0 Å². The number of allylic oxidation sites excluding steroid dienone is 1. The molecule has 2 rings (SSSR count). The molecule has 0 bridgehead atoms. The molecule has 126 valence electrons. The van der Waals surface area contributed by atoms with Crippen LogP contribution in [0.25, 0.3) is 0 Å². The van der Waals surface area contributed by atoms with Crippen molar-refractivity contribution in [1.29, 1.82) is 0 Å². The van der Waals surface area contributed by atoms with Crippen LogP contribution in [0.15, 0.2) is 24.8 Å². The molecule has 0 amide bonds. The summed E-state index contributed by atoms with van der Waals surface area (Å²) in [5.74, 6) is 1.70. The molecule has 0 N–H and O–H groups in total. The molecular formula is C20H34O2. The van der Waals surface area contributed by atoms with Crippen LogP contribution in [-0.4, -0.2) is 18.5 Å². The molecule has 0 aromatic rings. The van der Waals surface area contributed by atoms with E-state index in [4.69, 9.17) is 9.47 Å². The van der Waals surface area contributed by atoms with Crippen molar-refractivity contribution < 1.29 is 9.47 Å². The monoisotopic (exact) mass is 306 g/mol. The first-order valence-electron chi connectivity index (χ1n) is 8.96. The predicted octanol–water partition coefficient (Wildman–Crippen LogP) is 5.35. The molecule has 0 unspecified atom stereocenters. The molecule has 1 saturated heterocycles. The Bertz CT molecular complexity index is 401. The summed E-state index contributed by atoms with van der Waals surface area (Å²) in [7, 11) is 0. The average Bonchev–Trinajstić information content (AvgIpc) is 2.44. The Morgan fingerprint density at radius 2 is 2.09 bits per heavy atom. The zero-order chi connectivity index (χ0) is 16.3. The lowest BCUT2D eigenvalue weighted by Crippen LogP contribution is -2.56. The second-order valence-electron chi connectivity index (χ2n) is 7.91. The highest BCUT2D eigenvalue weighted by Gasteiger charge is 2.51. The first-order chi connectivity index (χ1) is 10.4. The zero-order valence-corrected chi connectivity index (χ0v) is 14.9. The third kappa shape index (κ3) is 3.83. The quantitative estimate of drug-likeness (QED) is 0.637. The van der Waals surface area contributed by atoms with Crippen molar-refractivity contribution in [2.75, 3.05) is 6.61 Å². The van der Waals surface area contributed by atoms with E-state index >= 15 is 0 Å². The molecule has 2 aliphatic rings. The molecule has 1 spiro atoms. The van der Waals surface area contributed by atoms with E-state index in [2.05, 4.69) is 40.9 Å². The van der Waals surface area contributed by atoms with Crippen LogP contribution in [0.4, 0.5) is 0 Å². The van der Waals surface area contributed by atoms with Crippen molar-refractivity contribution in [3.05, 3.63) is 24.8 Å². The van der Waals surface area contributed by atoms with Gasteiger partial charge in [-0.25, -0.2) is 0 Å². The molecule has 0 radical (unpaired) electrons. The standard InChI is InChI=1S/C20H34O2/c1-7-17-13-21-20(22-19(17)11-8-14(2)3)12-16(6)9-10-18(20)15(4)5/h7,15-19H,1-2,8-13H2,3-6H3/t16-,17-,18+,19+,20+/m0/s1. The molecule has 0 aromatic carbocycles. The molecule has 1 aliphatic carbocycles. The van der Waals surface area contributed by atoms with Gasteiger partial charge in [0.05, 0.1) is 12.7 Å². The number of rotatable bonds is 5. The fourth-order valence-electron chi connectivity index (χ4n) is 4.17. The van der Waals surface area contributed by atoms with E-state index in [9.17, 15) is 0 Å². The lowest BCUT2D eigenvalue weighted by atomic mass is 9.72. The predicted molar refractivity (Wildman–Crippen MR) is 92.6 cm³/mol. The molecule has 1 aliphatic heterocycles. The molecule has 1 heterocycles. The smallest absolute Gasteiger partial charge is 0.171 e. The summed E-state index contributed by atoms with van der Waals surface area (Å²) in [6.45, 7) is 17.8. The van der Waals surface area contributed by atoms with Crippen molar-refractivity contribution in [1.82, 2.24) is 0 Å². The normalized spacial score (nSPS) is 39.1. The summed E-state index contributed by atoms with van der Waals surface area (Å²) in [6, 6.07) is 0. The van der Waals surface area contributed by atoms with Crippen LogP contribution in [0.3, 0.4) is 0 Å². The van der Waals surface area contributed by atoms with Gasteiger partial charge in [0.1, 0.15) is 0 Å². The van der Waals surface area contributed by atoms with E-state index in [1.165, 1.54) is 18.4 Å². The SMILES string of the molecule is C=C[C@H]1CO[C@]2(C[C@@H](C)CC[C@@H]2C(C)C)O[C@@H]1CCC(=C)C. The largest absolute Gasteiger partial charge is 0.349 e. The third-order valence-electron chi connectivity index (χ3n) is 5.48. The Hall–Kier alpha value is -0.600. The maximum absolute atomic E-state index is 6.68. The summed E-state index contributed by atoms with van der Waals surface area (Å²) in [4.78, 5) is 0. The number of ether oxygens (including phenoxy) is 2. The Labute approximate surface area is 137 Å². The van der Waals surface area contributed by atoms with E-state index in [1.807, 2.05) is 6.08 Å². The second kappa shape index (κ2) is 7.31. The Morgan fingerprint density at radius 1 is 1.36 bits per heavy atom. The Balaban J connectivity index is 2.17. The molecule has 5 atom stereocenters. The van der Waals surface area contributed by atoms with Crippen molar-refractivity contribution in [2.45, 2.75) is 71.7 Å². The van der Waals surface area contributed by atoms with Crippen molar-refractivity contribution >= 4 is 0 Å². The fourth-order valence-corrected chi connectivity index (χ4v) is 4.17. The molecule has 2 fully saturated rings. The van der Waals surface area contributed by atoms with Gasteiger partial charge in [0.2, 0.25) is 0 Å². The number of hydrogen-bond acceptors (Lipinski definition) is 2. The minimum absolute atomic E-state index is 0.217. The van der Waals surface area contributed by atoms with E-state index < -0.39 is 0 Å². The van der Waals surface area contributed by atoms with Gasteiger partial charge in [-0.05, 0) is 38.0 Å². The Morgan fingerprint density at radius 3 is 2.68 bits per heavy atom. The van der Waals surface area contributed by atoms with Crippen molar-refractivity contribution in [3.8, 4) is 0 Å². The minimum atomic E-state index is -0.370. The lowest BCUT2D eigenvalue weighted by molar-refractivity contribution is -0.349. The summed E-state index contributed by atoms with van der Waals surface area (Å²) in [6.07, 6.45) is 7.80. The highest BCUT2D eigenvalue weighted by Crippen LogP contribution is 2.48. The first kappa shape index (κ1) is 17.7. The average molecular weight is 306 g/mol. The van der Waals surface area contributed by atoms with Crippen molar-refractivity contribution in [3.63, 3.8) is 0 Å². The van der Waals surface area contributed by atoms with Crippen LogP contribution < -0.4 is 0 Å². The van der Waals surface area contributed by atoms with Gasteiger partial charge in [-0.3, -0.25) is 0 Å². The lowest BCUT2D eigenvalue weighted by Gasteiger charge is -2.53. The fraction of sp³-hybridized carbons (Fsp3) is 0.800. The van der Waals surface area contributed by atoms with Crippen LogP contribution in [0, 0.1) is 23.7 Å². The van der Waals surface area contributed by atoms with Gasteiger partial charge in [-0.15, -0.1) is 13.2 Å². The van der Waals surface area contributed by atoms with E-state index in [0.717, 1.165) is 25.9 Å². The highest BCUT2D eigenvalue weighted by atomic mass is 16.7. The number of hydrogen-bond donors (Lipinski definition) is 0. The van der Waals surface area contributed by atoms with E-state index in [-0.39, 0.29) is 11.9 Å². The highest BCUT2D eigenvalue weighted by molar-refractivity contribution is 4.98. The van der Waals surface area contributed by atoms with Crippen molar-refractivity contribution in [2.24, 2.45) is 23.7 Å². The minimum Gasteiger partial charge on any atom is -0.349 e. The Kier molecular flexibility index (Phi) is 5.90. The van der Waals surface area contributed by atoms with E-state index in [1.54, 1.807) is 0 Å². The van der Waals surface area contributed by atoms with Gasteiger partial charge < -0.3 is 9.47 Å². The summed E-state index contributed by atoms with van der Waals surface area (Å²) >= 11 is 0. The second-order valence-corrected chi connectivity index (χ2v) is 7.91. The summed E-state index contributed by atoms with van der Waals surface area (Å²) < 4.78 is 13.1. The molecule has 0 aromatic heterocycles. The van der Waals surface area contributed by atoms with Gasteiger partial charge in [-0.1, -0.05) is 38.8 Å². The van der Waals surface area contributed by atoms with Gasteiger partial charge in [0.15, 0.2) is 5.79 Å². The molecule has 2 heteroatoms. The van der Waals surface area contributed by atoms with Crippen LogP contribution >= 0.6 is 0 Å². The zero-order valence-electron chi connectivity index (χ0n) is 14.9. The third-order valence-corrected chi connectivity index (χ3v) is 5.48. The molecule has 1 saturated carbocycles. The molecule has 2 nitrogen and oxygen atoms in total. The van der Waals surface area contributed by atoms with Gasteiger partial charge in [0.25, 0.3) is 0 Å².